The minimum Gasteiger partial charge on any atom is -0.484 e. The van der Waals surface area contributed by atoms with Gasteiger partial charge in [-0.25, -0.2) is 4.99 Å². The maximum absolute atomic E-state index is 12.0. The summed E-state index contributed by atoms with van der Waals surface area (Å²) in [7, 11) is 0. The molecule has 8 heteroatoms. The summed E-state index contributed by atoms with van der Waals surface area (Å²) in [5.41, 5.74) is 6.69. The molecule has 0 aromatic heterocycles. The summed E-state index contributed by atoms with van der Waals surface area (Å²) in [6, 6.07) is 6.32. The molecule has 1 aromatic carbocycles. The molecule has 0 spiro atoms. The Hall–Kier alpha value is -1.19. The fraction of sp³-hybridized carbons (Fsp3) is 0.500. The zero-order valence-corrected chi connectivity index (χ0v) is 14.9. The van der Waals surface area contributed by atoms with Crippen molar-refractivity contribution in [1.29, 1.82) is 0 Å². The summed E-state index contributed by atoms with van der Waals surface area (Å²) >= 11 is 0. The van der Waals surface area contributed by atoms with Crippen LogP contribution in [0, 0.1) is 0 Å². The summed E-state index contributed by atoms with van der Waals surface area (Å²) in [6.45, 7) is 4.60. The van der Waals surface area contributed by atoms with Crippen LogP contribution in [0.15, 0.2) is 29.3 Å². The lowest BCUT2D eigenvalue weighted by Crippen LogP contribution is -2.37. The van der Waals surface area contributed by atoms with E-state index in [1.165, 1.54) is 12.1 Å². The second-order valence-corrected chi connectivity index (χ2v) is 4.39. The second kappa shape index (κ2) is 9.75. The molecule has 4 nitrogen and oxygen atoms in total. The highest BCUT2D eigenvalue weighted by atomic mass is 127. The van der Waals surface area contributed by atoms with E-state index < -0.39 is 12.8 Å². The second-order valence-electron chi connectivity index (χ2n) is 4.39. The lowest BCUT2D eigenvalue weighted by molar-refractivity contribution is -0.153. The van der Waals surface area contributed by atoms with Crippen LogP contribution in [0.4, 0.5) is 13.2 Å². The molecule has 0 saturated carbocycles. The Morgan fingerprint density at radius 3 is 2.18 bits per heavy atom. The van der Waals surface area contributed by atoms with E-state index >= 15 is 0 Å². The first-order valence-electron chi connectivity index (χ1n) is 6.69. The van der Waals surface area contributed by atoms with Gasteiger partial charge < -0.3 is 15.4 Å². The minimum atomic E-state index is -4.33. The molecule has 1 aromatic rings. The van der Waals surface area contributed by atoms with Gasteiger partial charge in [0.15, 0.2) is 12.6 Å². The first-order valence-corrected chi connectivity index (χ1v) is 6.69. The van der Waals surface area contributed by atoms with Crippen molar-refractivity contribution in [3.8, 4) is 5.75 Å². The third-order valence-electron chi connectivity index (χ3n) is 2.84. The average Bonchev–Trinajstić information content (AvgIpc) is 2.44. The Kier molecular flexibility index (Phi) is 9.22. The molecule has 1 rings (SSSR count). The van der Waals surface area contributed by atoms with Gasteiger partial charge in [0, 0.05) is 13.1 Å². The number of rotatable bonds is 6. The molecule has 0 fully saturated rings. The normalized spacial score (nSPS) is 11.8. The van der Waals surface area contributed by atoms with E-state index in [2.05, 4.69) is 9.73 Å². The number of hydrogen-bond donors (Lipinski definition) is 1. The van der Waals surface area contributed by atoms with Crippen LogP contribution in [0.3, 0.4) is 0 Å². The quantitative estimate of drug-likeness (QED) is 0.427. The fourth-order valence-electron chi connectivity index (χ4n) is 1.68. The van der Waals surface area contributed by atoms with Crippen LogP contribution in [0.1, 0.15) is 19.4 Å². The van der Waals surface area contributed by atoms with E-state index in [9.17, 15) is 13.2 Å². The molecule has 0 amide bonds. The summed E-state index contributed by atoms with van der Waals surface area (Å²) in [5.74, 6) is 0.633. The van der Waals surface area contributed by atoms with Crippen LogP contribution in [0.2, 0.25) is 0 Å². The van der Waals surface area contributed by atoms with Crippen molar-refractivity contribution < 1.29 is 17.9 Å². The molecule has 126 valence electrons. The summed E-state index contributed by atoms with van der Waals surface area (Å²) in [6.07, 6.45) is -4.33. The van der Waals surface area contributed by atoms with Crippen LogP contribution < -0.4 is 10.5 Å². The zero-order chi connectivity index (χ0) is 15.9. The first kappa shape index (κ1) is 20.8. The van der Waals surface area contributed by atoms with E-state index in [4.69, 9.17) is 5.73 Å². The molecule has 0 heterocycles. The fourth-order valence-corrected chi connectivity index (χ4v) is 1.68. The van der Waals surface area contributed by atoms with E-state index in [1.54, 1.807) is 12.1 Å². The monoisotopic (exact) mass is 431 g/mol. The zero-order valence-electron chi connectivity index (χ0n) is 12.6. The Morgan fingerprint density at radius 2 is 1.73 bits per heavy atom. The molecular formula is C14H21F3IN3O. The lowest BCUT2D eigenvalue weighted by Gasteiger charge is -2.19. The van der Waals surface area contributed by atoms with Crippen LogP contribution in [0.25, 0.3) is 0 Å². The molecule has 0 unspecified atom stereocenters. The number of ether oxygens (including phenoxy) is 1. The molecule has 2 N–H and O–H groups in total. The van der Waals surface area contributed by atoms with Crippen LogP contribution in [0.5, 0.6) is 5.75 Å². The number of nitrogens with two attached hydrogens (primary N) is 1. The summed E-state index contributed by atoms with van der Waals surface area (Å²) in [4.78, 5) is 6.17. The Labute approximate surface area is 145 Å². The first-order chi connectivity index (χ1) is 9.85. The number of aliphatic imine (C=N–C) groups is 1. The van der Waals surface area contributed by atoms with E-state index in [-0.39, 0.29) is 29.7 Å². The minimum absolute atomic E-state index is 0. The number of nitrogens with zero attached hydrogens (tertiary/aromatic N) is 2. The molecule has 0 aliphatic rings. The Bertz CT molecular complexity index is 459. The number of alkyl halides is 3. The molecule has 0 bridgehead atoms. The van der Waals surface area contributed by atoms with Crippen molar-refractivity contribution in [2.75, 3.05) is 19.7 Å². The van der Waals surface area contributed by atoms with Crippen LogP contribution >= 0.6 is 24.0 Å². The number of guanidine groups is 1. The standard InChI is InChI=1S/C14H20F3N3O.HI/c1-3-20(4-2)13(18)19-9-11-5-7-12(8-6-11)21-10-14(15,16)17;/h5-8H,3-4,9-10H2,1-2H3,(H2,18,19);1H. The van der Waals surface area contributed by atoms with Crippen molar-refractivity contribution in [2.45, 2.75) is 26.6 Å². The molecule has 0 aliphatic carbocycles. The van der Waals surface area contributed by atoms with E-state index in [0.717, 1.165) is 18.7 Å². The van der Waals surface area contributed by atoms with Gasteiger partial charge in [-0.3, -0.25) is 0 Å². The Morgan fingerprint density at radius 1 is 1.18 bits per heavy atom. The van der Waals surface area contributed by atoms with Crippen molar-refractivity contribution >= 4 is 29.9 Å². The van der Waals surface area contributed by atoms with Gasteiger partial charge in [-0.05, 0) is 31.5 Å². The smallest absolute Gasteiger partial charge is 0.422 e. The van der Waals surface area contributed by atoms with Crippen LogP contribution in [-0.2, 0) is 6.54 Å². The maximum Gasteiger partial charge on any atom is 0.422 e. The molecule has 0 saturated heterocycles. The lowest BCUT2D eigenvalue weighted by atomic mass is 10.2. The average molecular weight is 431 g/mol. The SMILES string of the molecule is CCN(CC)C(N)=NCc1ccc(OCC(F)(F)F)cc1.I. The third-order valence-corrected chi connectivity index (χ3v) is 2.84. The molecule has 0 radical (unpaired) electrons. The number of benzene rings is 1. The molecule has 0 aliphatic heterocycles. The molecule has 22 heavy (non-hydrogen) atoms. The predicted octanol–water partition coefficient (Wildman–Crippen LogP) is 3.40. The van der Waals surface area contributed by atoms with Gasteiger partial charge in [0.05, 0.1) is 6.54 Å². The van der Waals surface area contributed by atoms with Gasteiger partial charge in [0.25, 0.3) is 0 Å². The van der Waals surface area contributed by atoms with Gasteiger partial charge in [-0.2, -0.15) is 13.2 Å². The van der Waals surface area contributed by atoms with Crippen molar-refractivity contribution in [1.82, 2.24) is 4.90 Å². The molecule has 0 atom stereocenters. The summed E-state index contributed by atoms with van der Waals surface area (Å²) in [5, 5.41) is 0. The van der Waals surface area contributed by atoms with Gasteiger partial charge in [-0.1, -0.05) is 12.1 Å². The van der Waals surface area contributed by atoms with Crippen molar-refractivity contribution in [3.05, 3.63) is 29.8 Å². The predicted molar refractivity (Wildman–Crippen MR) is 91.7 cm³/mol. The highest BCUT2D eigenvalue weighted by Gasteiger charge is 2.28. The third kappa shape index (κ3) is 7.71. The van der Waals surface area contributed by atoms with Crippen molar-refractivity contribution in [3.63, 3.8) is 0 Å². The Balaban J connectivity index is 0.00000441. The summed E-state index contributed by atoms with van der Waals surface area (Å²) < 4.78 is 40.7. The highest BCUT2D eigenvalue weighted by Crippen LogP contribution is 2.19. The van der Waals surface area contributed by atoms with Gasteiger partial charge >= 0.3 is 6.18 Å². The van der Waals surface area contributed by atoms with E-state index in [0.29, 0.717) is 12.5 Å². The molecular weight excluding hydrogens is 410 g/mol. The van der Waals surface area contributed by atoms with Gasteiger partial charge in [0.1, 0.15) is 5.75 Å². The van der Waals surface area contributed by atoms with Crippen LogP contribution in [-0.4, -0.2) is 36.7 Å². The highest BCUT2D eigenvalue weighted by molar-refractivity contribution is 14.0. The van der Waals surface area contributed by atoms with Gasteiger partial charge in [0.2, 0.25) is 0 Å². The van der Waals surface area contributed by atoms with Crippen molar-refractivity contribution in [2.24, 2.45) is 10.7 Å². The number of hydrogen-bond acceptors (Lipinski definition) is 2. The topological polar surface area (TPSA) is 50.8 Å². The van der Waals surface area contributed by atoms with Gasteiger partial charge in [-0.15, -0.1) is 24.0 Å². The largest absolute Gasteiger partial charge is 0.484 e. The number of halogens is 4. The van der Waals surface area contributed by atoms with E-state index in [1.807, 2.05) is 18.7 Å². The maximum atomic E-state index is 12.0.